The molecule has 2 fully saturated rings. The van der Waals surface area contributed by atoms with Gasteiger partial charge < -0.3 is 15.0 Å². The highest BCUT2D eigenvalue weighted by Crippen LogP contribution is 2.25. The van der Waals surface area contributed by atoms with Crippen LogP contribution in [0.2, 0.25) is 5.02 Å². The minimum Gasteiger partial charge on any atom is -0.479 e. The van der Waals surface area contributed by atoms with Gasteiger partial charge in [0.2, 0.25) is 0 Å². The van der Waals surface area contributed by atoms with Gasteiger partial charge in [-0.1, -0.05) is 23.7 Å². The van der Waals surface area contributed by atoms with Gasteiger partial charge in [-0.05, 0) is 25.5 Å². The van der Waals surface area contributed by atoms with Crippen LogP contribution in [-0.4, -0.2) is 67.1 Å². The summed E-state index contributed by atoms with van der Waals surface area (Å²) in [6.45, 7) is 7.62. The molecule has 7 heteroatoms. The lowest BCUT2D eigenvalue weighted by molar-refractivity contribution is -0.137. The molecule has 0 bridgehead atoms. The predicted molar refractivity (Wildman–Crippen MR) is 98.2 cm³/mol. The van der Waals surface area contributed by atoms with Crippen molar-refractivity contribution in [2.24, 2.45) is 0 Å². The molecule has 0 aliphatic carbocycles. The Bertz CT molecular complexity index is 552. The highest BCUT2D eigenvalue weighted by atomic mass is 35.5. The third-order valence-corrected chi connectivity index (χ3v) is 4.94. The molecule has 5 nitrogen and oxygen atoms in total. The van der Waals surface area contributed by atoms with Gasteiger partial charge in [0, 0.05) is 45.3 Å². The fourth-order valence-corrected chi connectivity index (χ4v) is 3.51. The predicted octanol–water partition coefficient (Wildman–Crippen LogP) is 2.04. The lowest BCUT2D eigenvalue weighted by atomic mass is 10.2. The number of benzene rings is 1. The van der Waals surface area contributed by atoms with E-state index >= 15 is 0 Å². The number of hydrogen-bond donors (Lipinski definition) is 1. The topological polar surface area (TPSA) is 44.8 Å². The minimum atomic E-state index is -0.517. The van der Waals surface area contributed by atoms with Crippen LogP contribution in [0.3, 0.4) is 0 Å². The first-order valence-electron chi connectivity index (χ1n) is 8.30. The van der Waals surface area contributed by atoms with Gasteiger partial charge in [0.05, 0.1) is 5.02 Å². The fraction of sp³-hybridized carbons (Fsp3) is 0.588. The Morgan fingerprint density at radius 3 is 2.71 bits per heavy atom. The van der Waals surface area contributed by atoms with Crippen LogP contribution in [0.5, 0.6) is 5.75 Å². The zero-order valence-corrected chi connectivity index (χ0v) is 15.5. The Labute approximate surface area is 154 Å². The van der Waals surface area contributed by atoms with E-state index in [4.69, 9.17) is 16.3 Å². The second-order valence-electron chi connectivity index (χ2n) is 6.20. The average Bonchev–Trinajstić information content (AvgIpc) is 3.07. The molecule has 2 aliphatic heterocycles. The number of carbonyl (C=O) groups excluding carboxylic acids is 1. The molecule has 1 aromatic carbocycles. The number of nitrogens with one attached hydrogen (secondary N) is 1. The summed E-state index contributed by atoms with van der Waals surface area (Å²) >= 11 is 6.09. The number of halogens is 2. The van der Waals surface area contributed by atoms with Crippen LogP contribution in [0.15, 0.2) is 24.3 Å². The van der Waals surface area contributed by atoms with Crippen LogP contribution in [0.4, 0.5) is 0 Å². The molecule has 1 amide bonds. The molecule has 2 aliphatic rings. The number of likely N-dealkylation sites (tertiary alicyclic amines) is 1. The zero-order chi connectivity index (χ0) is 16.2. The number of piperazine rings is 1. The molecule has 2 unspecified atom stereocenters. The van der Waals surface area contributed by atoms with E-state index in [1.54, 1.807) is 19.1 Å². The molecule has 1 aromatic rings. The Balaban J connectivity index is 0.00000208. The Morgan fingerprint density at radius 2 is 2.00 bits per heavy atom. The fourth-order valence-electron chi connectivity index (χ4n) is 3.33. The number of nitrogens with zero attached hydrogens (tertiary/aromatic N) is 2. The zero-order valence-electron chi connectivity index (χ0n) is 13.9. The maximum Gasteiger partial charge on any atom is 0.263 e. The Kier molecular flexibility index (Phi) is 7.16. The number of amides is 1. The van der Waals surface area contributed by atoms with Gasteiger partial charge >= 0.3 is 0 Å². The van der Waals surface area contributed by atoms with Crippen molar-refractivity contribution in [3.05, 3.63) is 29.3 Å². The molecule has 24 heavy (non-hydrogen) atoms. The smallest absolute Gasteiger partial charge is 0.263 e. The third-order valence-electron chi connectivity index (χ3n) is 4.63. The average molecular weight is 374 g/mol. The molecule has 2 saturated heterocycles. The molecule has 0 spiro atoms. The van der Waals surface area contributed by atoms with E-state index in [-0.39, 0.29) is 18.3 Å². The van der Waals surface area contributed by atoms with Crippen molar-refractivity contribution in [2.75, 3.05) is 39.3 Å². The maximum atomic E-state index is 12.6. The summed E-state index contributed by atoms with van der Waals surface area (Å²) < 4.78 is 5.75. The highest BCUT2D eigenvalue weighted by molar-refractivity contribution is 6.32. The number of para-hydroxylation sites is 1. The van der Waals surface area contributed by atoms with Crippen molar-refractivity contribution < 1.29 is 9.53 Å². The number of ether oxygens (including phenoxy) is 1. The number of hydrogen-bond acceptors (Lipinski definition) is 4. The van der Waals surface area contributed by atoms with Gasteiger partial charge in [-0.15, -0.1) is 12.4 Å². The molecule has 2 heterocycles. The molecule has 0 radical (unpaired) electrons. The van der Waals surface area contributed by atoms with Gasteiger partial charge in [0.25, 0.3) is 5.91 Å². The van der Waals surface area contributed by atoms with Gasteiger partial charge in [-0.25, -0.2) is 0 Å². The first kappa shape index (κ1) is 19.3. The third kappa shape index (κ3) is 4.54. The number of rotatable bonds is 4. The summed E-state index contributed by atoms with van der Waals surface area (Å²) in [6, 6.07) is 7.74. The number of carbonyl (C=O) groups is 1. The van der Waals surface area contributed by atoms with Crippen molar-refractivity contribution in [3.63, 3.8) is 0 Å². The normalized spacial score (nSPS) is 22.8. The standard InChI is InChI=1S/C17H24ClN3O2.ClH/c1-13(23-16-5-3-2-4-15(16)18)17(22)21-9-6-14(12-21)20-10-7-19-8-11-20;/h2-5,13-14,19H,6-12H2,1H3;1H. The summed E-state index contributed by atoms with van der Waals surface area (Å²) in [7, 11) is 0. The van der Waals surface area contributed by atoms with E-state index in [1.165, 1.54) is 0 Å². The van der Waals surface area contributed by atoms with E-state index in [2.05, 4.69) is 10.2 Å². The van der Waals surface area contributed by atoms with Crippen molar-refractivity contribution in [1.29, 1.82) is 0 Å². The Hall–Kier alpha value is -1.01. The molecule has 0 aromatic heterocycles. The van der Waals surface area contributed by atoms with E-state index in [1.807, 2.05) is 17.0 Å². The van der Waals surface area contributed by atoms with Crippen LogP contribution in [0.25, 0.3) is 0 Å². The van der Waals surface area contributed by atoms with Crippen molar-refractivity contribution in [3.8, 4) is 5.75 Å². The van der Waals surface area contributed by atoms with Gasteiger partial charge in [0.15, 0.2) is 6.10 Å². The van der Waals surface area contributed by atoms with E-state index in [0.717, 1.165) is 45.7 Å². The molecular weight excluding hydrogens is 349 g/mol. The minimum absolute atomic E-state index is 0. The van der Waals surface area contributed by atoms with E-state index in [9.17, 15) is 4.79 Å². The van der Waals surface area contributed by atoms with E-state index < -0.39 is 6.10 Å². The summed E-state index contributed by atoms with van der Waals surface area (Å²) in [5.74, 6) is 0.607. The lowest BCUT2D eigenvalue weighted by Crippen LogP contribution is -2.50. The summed E-state index contributed by atoms with van der Waals surface area (Å²) in [5, 5.41) is 3.90. The molecule has 134 valence electrons. The van der Waals surface area contributed by atoms with Crippen molar-refractivity contribution in [1.82, 2.24) is 15.1 Å². The molecule has 1 N–H and O–H groups in total. The monoisotopic (exact) mass is 373 g/mol. The van der Waals surface area contributed by atoms with Gasteiger partial charge in [-0.2, -0.15) is 0 Å². The van der Waals surface area contributed by atoms with Crippen LogP contribution in [-0.2, 0) is 4.79 Å². The summed E-state index contributed by atoms with van der Waals surface area (Å²) in [4.78, 5) is 17.0. The van der Waals surface area contributed by atoms with Crippen LogP contribution in [0.1, 0.15) is 13.3 Å². The van der Waals surface area contributed by atoms with Crippen molar-refractivity contribution in [2.45, 2.75) is 25.5 Å². The molecule has 2 atom stereocenters. The van der Waals surface area contributed by atoms with Crippen LogP contribution in [0, 0.1) is 0 Å². The van der Waals surface area contributed by atoms with Crippen LogP contribution >= 0.6 is 24.0 Å². The molecular formula is C17H25Cl2N3O2. The first-order valence-corrected chi connectivity index (χ1v) is 8.67. The summed E-state index contributed by atoms with van der Waals surface area (Å²) in [5.41, 5.74) is 0. The summed E-state index contributed by atoms with van der Waals surface area (Å²) in [6.07, 6.45) is 0.529. The highest BCUT2D eigenvalue weighted by Gasteiger charge is 2.33. The quantitative estimate of drug-likeness (QED) is 0.876. The lowest BCUT2D eigenvalue weighted by Gasteiger charge is -2.32. The van der Waals surface area contributed by atoms with Crippen LogP contribution < -0.4 is 10.1 Å². The second-order valence-corrected chi connectivity index (χ2v) is 6.61. The molecule has 3 rings (SSSR count). The first-order chi connectivity index (χ1) is 11.1. The Morgan fingerprint density at radius 1 is 1.29 bits per heavy atom. The van der Waals surface area contributed by atoms with E-state index in [0.29, 0.717) is 16.8 Å². The van der Waals surface area contributed by atoms with Crippen molar-refractivity contribution >= 4 is 29.9 Å². The largest absolute Gasteiger partial charge is 0.479 e. The van der Waals surface area contributed by atoms with Gasteiger partial charge in [0.1, 0.15) is 5.75 Å². The maximum absolute atomic E-state index is 12.6. The van der Waals surface area contributed by atoms with Gasteiger partial charge in [-0.3, -0.25) is 9.69 Å². The molecule has 0 saturated carbocycles. The second kappa shape index (κ2) is 8.90. The SMILES string of the molecule is CC(Oc1ccccc1Cl)C(=O)N1CCC(N2CCNCC2)C1.Cl.